The van der Waals surface area contributed by atoms with Gasteiger partial charge < -0.3 is 10.1 Å². The first kappa shape index (κ1) is 15.7. The Labute approximate surface area is 137 Å². The number of fused-ring (bicyclic) bond motifs is 1. The summed E-state index contributed by atoms with van der Waals surface area (Å²) in [7, 11) is 1.54. The fraction of sp³-hybridized carbons (Fsp3) is 0.357. The Kier molecular flexibility index (Phi) is 4.27. The highest BCUT2D eigenvalue weighted by Gasteiger charge is 2.16. The van der Waals surface area contributed by atoms with E-state index in [-0.39, 0.29) is 12.1 Å². The van der Waals surface area contributed by atoms with Crippen LogP contribution in [0.2, 0.25) is 0 Å². The van der Waals surface area contributed by atoms with Crippen molar-refractivity contribution in [3.8, 4) is 5.88 Å². The summed E-state index contributed by atoms with van der Waals surface area (Å²) < 4.78 is 6.90. The lowest BCUT2D eigenvalue weighted by atomic mass is 10.2. The molecule has 10 heteroatoms. The second-order valence-electron chi connectivity index (χ2n) is 5.46. The van der Waals surface area contributed by atoms with Crippen molar-refractivity contribution < 1.29 is 9.53 Å². The van der Waals surface area contributed by atoms with E-state index < -0.39 is 0 Å². The van der Waals surface area contributed by atoms with Crippen molar-refractivity contribution in [3.63, 3.8) is 0 Å². The molecule has 0 bridgehead atoms. The molecule has 10 nitrogen and oxygen atoms in total. The number of H-pyrrole nitrogens is 1. The van der Waals surface area contributed by atoms with Gasteiger partial charge in [-0.2, -0.15) is 0 Å². The molecule has 0 fully saturated rings. The molecule has 0 unspecified atom stereocenters. The number of carbonyl (C=O) groups excluding carboxylic acids is 1. The van der Waals surface area contributed by atoms with Gasteiger partial charge in [0.15, 0.2) is 0 Å². The smallest absolute Gasteiger partial charge is 0.320 e. The van der Waals surface area contributed by atoms with E-state index in [1.807, 2.05) is 13.8 Å². The van der Waals surface area contributed by atoms with Crippen LogP contribution in [-0.4, -0.2) is 49.4 Å². The molecule has 0 spiro atoms. The van der Waals surface area contributed by atoms with E-state index in [2.05, 4.69) is 36.1 Å². The molecule has 3 N–H and O–H groups in total. The molecule has 24 heavy (non-hydrogen) atoms. The second-order valence-corrected chi connectivity index (χ2v) is 5.46. The molecule has 3 aromatic rings. The number of pyridine rings is 1. The normalized spacial score (nSPS) is 11.0. The summed E-state index contributed by atoms with van der Waals surface area (Å²) in [5.41, 5.74) is 1.36. The number of urea groups is 1. The van der Waals surface area contributed by atoms with E-state index in [0.717, 1.165) is 5.39 Å². The number of aromatic nitrogens is 6. The summed E-state index contributed by atoms with van der Waals surface area (Å²) in [6, 6.07) is 1.40. The molecule has 0 aliphatic heterocycles. The monoisotopic (exact) mass is 330 g/mol. The van der Waals surface area contributed by atoms with E-state index >= 15 is 0 Å². The zero-order chi connectivity index (χ0) is 17.1. The topological polar surface area (TPSA) is 123 Å². The number of amides is 2. The number of nitrogens with one attached hydrogen (secondary N) is 3. The standard InChI is InChI=1S/C14H18N8O2/c1-8(2)16-14(23)18-11-6-9-12(13(24-3)20-19-9)10(17-11)7-22-5-4-15-21-22/h4-6,8H,7H2,1-3H3,(H,19,20)(H2,16,17,18,23). The van der Waals surface area contributed by atoms with Crippen LogP contribution in [0.25, 0.3) is 10.9 Å². The van der Waals surface area contributed by atoms with Crippen molar-refractivity contribution in [2.24, 2.45) is 0 Å². The van der Waals surface area contributed by atoms with Gasteiger partial charge in [-0.25, -0.2) is 14.5 Å². The van der Waals surface area contributed by atoms with Gasteiger partial charge in [-0.05, 0) is 13.8 Å². The number of rotatable bonds is 5. The fourth-order valence-electron chi connectivity index (χ4n) is 2.30. The van der Waals surface area contributed by atoms with Crippen LogP contribution >= 0.6 is 0 Å². The first-order valence-electron chi connectivity index (χ1n) is 7.40. The lowest BCUT2D eigenvalue weighted by Crippen LogP contribution is -2.34. The maximum absolute atomic E-state index is 11.9. The van der Waals surface area contributed by atoms with E-state index in [4.69, 9.17) is 4.74 Å². The molecule has 3 aromatic heterocycles. The van der Waals surface area contributed by atoms with Gasteiger partial charge in [0.05, 0.1) is 36.4 Å². The Morgan fingerprint density at radius 1 is 1.46 bits per heavy atom. The minimum Gasteiger partial charge on any atom is -0.479 e. The number of anilines is 1. The van der Waals surface area contributed by atoms with Gasteiger partial charge in [0, 0.05) is 18.3 Å². The zero-order valence-electron chi connectivity index (χ0n) is 13.6. The third kappa shape index (κ3) is 3.26. The van der Waals surface area contributed by atoms with Crippen LogP contribution in [0.15, 0.2) is 18.5 Å². The third-order valence-electron chi connectivity index (χ3n) is 3.22. The van der Waals surface area contributed by atoms with E-state index in [1.54, 1.807) is 23.1 Å². The quantitative estimate of drug-likeness (QED) is 0.644. The lowest BCUT2D eigenvalue weighted by molar-refractivity contribution is 0.250. The molecule has 0 atom stereocenters. The summed E-state index contributed by atoms with van der Waals surface area (Å²) in [6.45, 7) is 4.13. The predicted octanol–water partition coefficient (Wildman–Crippen LogP) is 1.14. The SMILES string of the molecule is COc1n[nH]c2cc(NC(=O)NC(C)C)nc(Cn3ccnn3)c12. The fourth-order valence-corrected chi connectivity index (χ4v) is 2.30. The summed E-state index contributed by atoms with van der Waals surface area (Å²) in [6.07, 6.45) is 3.31. The van der Waals surface area contributed by atoms with Gasteiger partial charge in [-0.1, -0.05) is 5.21 Å². The number of hydrogen-bond acceptors (Lipinski definition) is 6. The van der Waals surface area contributed by atoms with Crippen LogP contribution in [-0.2, 0) is 6.54 Å². The number of carbonyl (C=O) groups is 1. The maximum atomic E-state index is 11.9. The molecule has 0 saturated heterocycles. The largest absolute Gasteiger partial charge is 0.479 e. The van der Waals surface area contributed by atoms with Gasteiger partial charge in [0.25, 0.3) is 0 Å². The van der Waals surface area contributed by atoms with Crippen LogP contribution in [0.3, 0.4) is 0 Å². The average Bonchev–Trinajstić information content (AvgIpc) is 3.15. The average molecular weight is 330 g/mol. The summed E-state index contributed by atoms with van der Waals surface area (Å²) in [5.74, 6) is 0.841. The van der Waals surface area contributed by atoms with Crippen molar-refractivity contribution >= 4 is 22.8 Å². The molecule has 126 valence electrons. The Morgan fingerprint density at radius 3 is 2.96 bits per heavy atom. The van der Waals surface area contributed by atoms with Crippen molar-refractivity contribution in [1.29, 1.82) is 0 Å². The third-order valence-corrected chi connectivity index (χ3v) is 3.22. The summed E-state index contributed by atoms with van der Waals surface area (Å²) in [5, 5.41) is 20.9. The molecule has 2 amide bonds. The Morgan fingerprint density at radius 2 is 2.29 bits per heavy atom. The number of ether oxygens (including phenoxy) is 1. The number of methoxy groups -OCH3 is 1. The molecular weight excluding hydrogens is 312 g/mol. The van der Waals surface area contributed by atoms with E-state index in [9.17, 15) is 4.79 Å². The van der Waals surface area contributed by atoms with Crippen LogP contribution in [0, 0.1) is 0 Å². The first-order chi connectivity index (χ1) is 11.6. The highest BCUT2D eigenvalue weighted by atomic mass is 16.5. The van der Waals surface area contributed by atoms with Crippen LogP contribution in [0.5, 0.6) is 5.88 Å². The molecule has 0 aliphatic rings. The lowest BCUT2D eigenvalue weighted by Gasteiger charge is -2.11. The van der Waals surface area contributed by atoms with Crippen LogP contribution < -0.4 is 15.4 Å². The Hall–Kier alpha value is -3.17. The van der Waals surface area contributed by atoms with Gasteiger partial charge >= 0.3 is 6.03 Å². The minimum absolute atomic E-state index is 0.0237. The molecule has 0 aromatic carbocycles. The molecular formula is C14H18N8O2. The Balaban J connectivity index is 1.98. The van der Waals surface area contributed by atoms with Crippen molar-refractivity contribution in [3.05, 3.63) is 24.2 Å². The summed E-state index contributed by atoms with van der Waals surface area (Å²) >= 11 is 0. The highest BCUT2D eigenvalue weighted by Crippen LogP contribution is 2.27. The van der Waals surface area contributed by atoms with Gasteiger partial charge in [-0.3, -0.25) is 10.4 Å². The zero-order valence-corrected chi connectivity index (χ0v) is 13.6. The minimum atomic E-state index is -0.324. The van der Waals surface area contributed by atoms with Crippen molar-refractivity contribution in [2.75, 3.05) is 12.4 Å². The molecule has 3 heterocycles. The molecule has 3 rings (SSSR count). The predicted molar refractivity (Wildman–Crippen MR) is 86.9 cm³/mol. The van der Waals surface area contributed by atoms with Gasteiger partial charge in [-0.15, -0.1) is 10.2 Å². The van der Waals surface area contributed by atoms with Crippen LogP contribution in [0.1, 0.15) is 19.5 Å². The number of hydrogen-bond donors (Lipinski definition) is 3. The Bertz CT molecular complexity index is 840. The van der Waals surface area contributed by atoms with E-state index in [0.29, 0.717) is 29.5 Å². The van der Waals surface area contributed by atoms with Crippen LogP contribution in [0.4, 0.5) is 10.6 Å². The molecule has 0 radical (unpaired) electrons. The van der Waals surface area contributed by atoms with Crippen molar-refractivity contribution in [2.45, 2.75) is 26.4 Å². The maximum Gasteiger partial charge on any atom is 0.320 e. The molecule has 0 aliphatic carbocycles. The molecule has 0 saturated carbocycles. The second kappa shape index (κ2) is 6.52. The van der Waals surface area contributed by atoms with E-state index in [1.165, 1.54) is 7.11 Å². The first-order valence-corrected chi connectivity index (χ1v) is 7.40. The van der Waals surface area contributed by atoms with Gasteiger partial charge in [0.2, 0.25) is 5.88 Å². The van der Waals surface area contributed by atoms with Gasteiger partial charge in [0.1, 0.15) is 5.82 Å². The highest BCUT2D eigenvalue weighted by molar-refractivity contribution is 5.93. The summed E-state index contributed by atoms with van der Waals surface area (Å²) in [4.78, 5) is 16.4. The number of nitrogens with zero attached hydrogens (tertiary/aromatic N) is 5. The number of aromatic amines is 1. The van der Waals surface area contributed by atoms with Crippen molar-refractivity contribution in [1.82, 2.24) is 35.5 Å².